The fourth-order valence-electron chi connectivity index (χ4n) is 2.53. The molecule has 118 valence electrons. The van der Waals surface area contributed by atoms with Crippen LogP contribution in [0.5, 0.6) is 23.0 Å². The molecule has 2 rings (SSSR count). The van der Waals surface area contributed by atoms with E-state index in [1.165, 1.54) is 6.07 Å². The predicted octanol–water partition coefficient (Wildman–Crippen LogP) is 1.38. The van der Waals surface area contributed by atoms with Crippen LogP contribution in [0.2, 0.25) is 0 Å². The van der Waals surface area contributed by atoms with E-state index >= 15 is 0 Å². The Morgan fingerprint density at radius 3 is 2.00 bits per heavy atom. The molecule has 0 saturated heterocycles. The van der Waals surface area contributed by atoms with E-state index in [1.807, 2.05) is 0 Å². The molecule has 6 nitrogen and oxygen atoms in total. The third-order valence-corrected chi connectivity index (χ3v) is 3.51. The molecule has 22 heavy (non-hydrogen) atoms. The number of phenolic OH excluding ortho intramolecular Hbond substituents is 4. The van der Waals surface area contributed by atoms with Crippen LogP contribution in [-0.4, -0.2) is 43.4 Å². The van der Waals surface area contributed by atoms with Crippen molar-refractivity contribution in [1.29, 1.82) is 0 Å². The van der Waals surface area contributed by atoms with Gasteiger partial charge in [0.2, 0.25) is 0 Å². The molecule has 6 heteroatoms. The van der Waals surface area contributed by atoms with Crippen molar-refractivity contribution in [2.45, 2.75) is 18.4 Å². The van der Waals surface area contributed by atoms with Crippen LogP contribution in [0.15, 0.2) is 36.4 Å². The van der Waals surface area contributed by atoms with Crippen LogP contribution in [0.25, 0.3) is 0 Å². The quantitative estimate of drug-likeness (QED) is 0.496. The third kappa shape index (κ3) is 3.08. The minimum Gasteiger partial charge on any atom is -0.508 e. The molecule has 2 aromatic rings. The van der Waals surface area contributed by atoms with Gasteiger partial charge < -0.3 is 30.6 Å². The van der Waals surface area contributed by atoms with E-state index < -0.39 is 23.5 Å². The first-order valence-electron chi connectivity index (χ1n) is 6.77. The summed E-state index contributed by atoms with van der Waals surface area (Å²) in [6.07, 6.45) is -1.17. The number of rotatable bonds is 5. The number of aliphatic hydroxyl groups excluding tert-OH is 2. The second-order valence-electron chi connectivity index (χ2n) is 5.01. The number of aromatic hydroxyl groups is 4. The lowest BCUT2D eigenvalue weighted by Crippen LogP contribution is -2.21. The molecule has 0 aliphatic rings. The Bertz CT molecular complexity index is 632. The Balaban J connectivity index is 2.62. The highest BCUT2D eigenvalue weighted by Gasteiger charge is 2.30. The Morgan fingerprint density at radius 2 is 1.45 bits per heavy atom. The molecular weight excluding hydrogens is 288 g/mol. The van der Waals surface area contributed by atoms with Crippen LogP contribution in [-0.2, 0) is 0 Å². The number of benzene rings is 2. The molecule has 0 bridgehead atoms. The predicted molar refractivity (Wildman–Crippen MR) is 79.1 cm³/mol. The van der Waals surface area contributed by atoms with Crippen LogP contribution in [0, 0.1) is 0 Å². The normalized spacial score (nSPS) is 13.7. The SMILES string of the molecule is OCCC(O)C(c1ccccc1O)c1c(O)cc(O)cc1O. The van der Waals surface area contributed by atoms with Crippen molar-refractivity contribution < 1.29 is 30.6 Å². The molecule has 0 heterocycles. The summed E-state index contributed by atoms with van der Waals surface area (Å²) in [5.74, 6) is -2.23. The van der Waals surface area contributed by atoms with Crippen LogP contribution in [0.3, 0.4) is 0 Å². The van der Waals surface area contributed by atoms with E-state index in [4.69, 9.17) is 5.11 Å². The number of aliphatic hydroxyl groups is 2. The first-order chi connectivity index (χ1) is 10.5. The highest BCUT2D eigenvalue weighted by Crippen LogP contribution is 2.44. The minimum atomic E-state index is -1.15. The van der Waals surface area contributed by atoms with Gasteiger partial charge in [-0.1, -0.05) is 18.2 Å². The molecule has 6 N–H and O–H groups in total. The Kier molecular flexibility index (Phi) is 4.75. The molecule has 2 unspecified atom stereocenters. The smallest absolute Gasteiger partial charge is 0.126 e. The van der Waals surface area contributed by atoms with E-state index in [2.05, 4.69) is 0 Å². The number of hydrogen-bond donors (Lipinski definition) is 6. The average Bonchev–Trinajstić information content (AvgIpc) is 2.44. The van der Waals surface area contributed by atoms with Crippen LogP contribution in [0.4, 0.5) is 0 Å². The number of para-hydroxylation sites is 1. The van der Waals surface area contributed by atoms with Gasteiger partial charge in [-0.3, -0.25) is 0 Å². The van der Waals surface area contributed by atoms with Crippen molar-refractivity contribution in [3.63, 3.8) is 0 Å². The topological polar surface area (TPSA) is 121 Å². The minimum absolute atomic E-state index is 0.0151. The molecule has 0 amide bonds. The highest BCUT2D eigenvalue weighted by atomic mass is 16.3. The summed E-state index contributed by atoms with van der Waals surface area (Å²) in [6, 6.07) is 8.28. The molecule has 0 fully saturated rings. The molecular formula is C16H18O6. The van der Waals surface area contributed by atoms with E-state index in [-0.39, 0.29) is 30.1 Å². The van der Waals surface area contributed by atoms with Crippen LogP contribution >= 0.6 is 0 Å². The summed E-state index contributed by atoms with van der Waals surface area (Å²) < 4.78 is 0. The lowest BCUT2D eigenvalue weighted by molar-refractivity contribution is 0.116. The summed E-state index contributed by atoms with van der Waals surface area (Å²) >= 11 is 0. The average molecular weight is 306 g/mol. The molecule has 0 aromatic heterocycles. The van der Waals surface area contributed by atoms with Crippen molar-refractivity contribution in [2.24, 2.45) is 0 Å². The second kappa shape index (κ2) is 6.55. The van der Waals surface area contributed by atoms with Crippen molar-refractivity contribution >= 4 is 0 Å². The number of hydrogen-bond acceptors (Lipinski definition) is 6. The number of phenols is 4. The molecule has 2 aromatic carbocycles. The summed E-state index contributed by atoms with van der Waals surface area (Å²) in [6.45, 7) is -0.301. The highest BCUT2D eigenvalue weighted by molar-refractivity contribution is 5.55. The van der Waals surface area contributed by atoms with Crippen molar-refractivity contribution in [1.82, 2.24) is 0 Å². The Morgan fingerprint density at radius 1 is 0.864 bits per heavy atom. The molecule has 2 atom stereocenters. The fraction of sp³-hybridized carbons (Fsp3) is 0.250. The summed E-state index contributed by atoms with van der Waals surface area (Å²) in [7, 11) is 0. The van der Waals surface area contributed by atoms with Gasteiger partial charge in [-0.15, -0.1) is 0 Å². The summed E-state index contributed by atoms with van der Waals surface area (Å²) in [5, 5.41) is 58.8. The van der Waals surface area contributed by atoms with Crippen molar-refractivity contribution in [2.75, 3.05) is 6.61 Å². The van der Waals surface area contributed by atoms with Gasteiger partial charge in [0.05, 0.1) is 6.10 Å². The first kappa shape index (κ1) is 15.9. The maximum Gasteiger partial charge on any atom is 0.126 e. The zero-order valence-corrected chi connectivity index (χ0v) is 11.7. The largest absolute Gasteiger partial charge is 0.508 e. The van der Waals surface area contributed by atoms with E-state index in [0.29, 0.717) is 5.56 Å². The van der Waals surface area contributed by atoms with E-state index in [9.17, 15) is 25.5 Å². The molecule has 0 saturated carbocycles. The zero-order valence-electron chi connectivity index (χ0n) is 11.7. The van der Waals surface area contributed by atoms with Gasteiger partial charge in [0.15, 0.2) is 0 Å². The second-order valence-corrected chi connectivity index (χ2v) is 5.01. The van der Waals surface area contributed by atoms with Crippen molar-refractivity contribution in [3.05, 3.63) is 47.5 Å². The van der Waals surface area contributed by atoms with E-state index in [1.54, 1.807) is 18.2 Å². The monoisotopic (exact) mass is 306 g/mol. The summed E-state index contributed by atoms with van der Waals surface area (Å²) in [4.78, 5) is 0. The molecule has 0 spiro atoms. The first-order valence-corrected chi connectivity index (χ1v) is 6.77. The van der Waals surface area contributed by atoms with Gasteiger partial charge in [-0.25, -0.2) is 0 Å². The maximum atomic E-state index is 10.3. The summed E-state index contributed by atoms with van der Waals surface area (Å²) in [5.41, 5.74) is 0.264. The third-order valence-electron chi connectivity index (χ3n) is 3.51. The maximum absolute atomic E-state index is 10.3. The molecule has 0 radical (unpaired) electrons. The van der Waals surface area contributed by atoms with Gasteiger partial charge >= 0.3 is 0 Å². The van der Waals surface area contributed by atoms with Gasteiger partial charge in [-0.05, 0) is 12.5 Å². The van der Waals surface area contributed by atoms with Gasteiger partial charge in [-0.2, -0.15) is 0 Å². The van der Waals surface area contributed by atoms with Crippen LogP contribution in [0.1, 0.15) is 23.5 Å². The van der Waals surface area contributed by atoms with E-state index in [0.717, 1.165) is 12.1 Å². The standard InChI is InChI=1S/C16H18O6/c17-6-5-12(20)15(10-3-1-2-4-11(10)19)16-13(21)7-9(18)8-14(16)22/h1-4,7-8,12,15,17-22H,5-6H2. The zero-order chi connectivity index (χ0) is 16.3. The van der Waals surface area contributed by atoms with Crippen molar-refractivity contribution in [3.8, 4) is 23.0 Å². The molecule has 0 aliphatic heterocycles. The Labute approximate surface area is 127 Å². The van der Waals surface area contributed by atoms with Gasteiger partial charge in [0.25, 0.3) is 0 Å². The van der Waals surface area contributed by atoms with Gasteiger partial charge in [0.1, 0.15) is 23.0 Å². The fourth-order valence-corrected chi connectivity index (χ4v) is 2.53. The Hall–Kier alpha value is -2.44. The lowest BCUT2D eigenvalue weighted by Gasteiger charge is -2.25. The molecule has 0 aliphatic carbocycles. The lowest BCUT2D eigenvalue weighted by atomic mass is 9.83. The van der Waals surface area contributed by atoms with Crippen LogP contribution < -0.4 is 0 Å². The van der Waals surface area contributed by atoms with Gasteiger partial charge in [0, 0.05) is 35.8 Å².